The van der Waals surface area contributed by atoms with E-state index in [9.17, 15) is 8.78 Å². The van der Waals surface area contributed by atoms with Crippen molar-refractivity contribution in [2.24, 2.45) is 0 Å². The van der Waals surface area contributed by atoms with Crippen LogP contribution in [0.3, 0.4) is 0 Å². The van der Waals surface area contributed by atoms with Crippen LogP contribution in [0.5, 0.6) is 0 Å². The molecule has 0 fully saturated rings. The standard InChI is InChI=1S/C11H14F2OS/c12-11(13,9-15-8-4-7-14)10-5-2-1-3-6-10/h1-3,5-6,14H,4,7-9H2. The Morgan fingerprint density at radius 2 is 1.87 bits per heavy atom. The highest BCUT2D eigenvalue weighted by Gasteiger charge is 2.30. The zero-order chi connectivity index (χ0) is 11.1. The maximum atomic E-state index is 13.5. The highest BCUT2D eigenvalue weighted by atomic mass is 32.2. The maximum absolute atomic E-state index is 13.5. The third-order valence-electron chi connectivity index (χ3n) is 1.93. The molecule has 0 radical (unpaired) electrons. The van der Waals surface area contributed by atoms with E-state index in [1.54, 1.807) is 18.2 Å². The van der Waals surface area contributed by atoms with Crippen LogP contribution in [0, 0.1) is 0 Å². The van der Waals surface area contributed by atoms with Crippen molar-refractivity contribution in [2.75, 3.05) is 18.1 Å². The van der Waals surface area contributed by atoms with Gasteiger partial charge in [0.15, 0.2) is 0 Å². The highest BCUT2D eigenvalue weighted by Crippen LogP contribution is 2.31. The second kappa shape index (κ2) is 6.08. The van der Waals surface area contributed by atoms with Gasteiger partial charge < -0.3 is 5.11 Å². The fraction of sp³-hybridized carbons (Fsp3) is 0.455. The second-order valence-electron chi connectivity index (χ2n) is 3.20. The molecular weight excluding hydrogens is 218 g/mol. The molecule has 0 unspecified atom stereocenters. The molecular formula is C11H14F2OS. The number of benzene rings is 1. The number of aliphatic hydroxyl groups is 1. The van der Waals surface area contributed by atoms with Crippen molar-refractivity contribution in [1.82, 2.24) is 0 Å². The Hall–Kier alpha value is -0.610. The van der Waals surface area contributed by atoms with E-state index in [0.717, 1.165) is 0 Å². The zero-order valence-electron chi connectivity index (χ0n) is 8.33. The van der Waals surface area contributed by atoms with E-state index in [4.69, 9.17) is 5.11 Å². The summed E-state index contributed by atoms with van der Waals surface area (Å²) in [4.78, 5) is 0. The van der Waals surface area contributed by atoms with Crippen LogP contribution in [-0.4, -0.2) is 23.2 Å². The smallest absolute Gasteiger partial charge is 0.282 e. The topological polar surface area (TPSA) is 20.2 Å². The maximum Gasteiger partial charge on any atom is 0.282 e. The van der Waals surface area contributed by atoms with E-state index in [0.29, 0.717) is 12.2 Å². The minimum atomic E-state index is -2.78. The molecule has 1 rings (SSSR count). The summed E-state index contributed by atoms with van der Waals surface area (Å²) in [6.07, 6.45) is 0.565. The quantitative estimate of drug-likeness (QED) is 0.761. The van der Waals surface area contributed by atoms with Gasteiger partial charge in [0, 0.05) is 12.2 Å². The predicted octanol–water partition coefficient (Wildman–Crippen LogP) is 2.89. The first-order valence-corrected chi connectivity index (χ1v) is 5.94. The molecule has 0 amide bonds. The number of hydrogen-bond acceptors (Lipinski definition) is 2. The fourth-order valence-corrected chi connectivity index (χ4v) is 2.03. The van der Waals surface area contributed by atoms with E-state index in [1.165, 1.54) is 23.9 Å². The first kappa shape index (κ1) is 12.5. The number of hydrogen-bond donors (Lipinski definition) is 1. The molecule has 0 spiro atoms. The summed E-state index contributed by atoms with van der Waals surface area (Å²) in [7, 11) is 0. The van der Waals surface area contributed by atoms with Crippen LogP contribution in [-0.2, 0) is 5.92 Å². The van der Waals surface area contributed by atoms with Gasteiger partial charge in [0.25, 0.3) is 5.92 Å². The molecule has 0 heterocycles. The molecule has 0 aliphatic carbocycles. The van der Waals surface area contributed by atoms with Crippen LogP contribution in [0.1, 0.15) is 12.0 Å². The van der Waals surface area contributed by atoms with Crippen LogP contribution < -0.4 is 0 Å². The SMILES string of the molecule is OCCCSCC(F)(F)c1ccccc1. The lowest BCUT2D eigenvalue weighted by Gasteiger charge is -2.15. The lowest BCUT2D eigenvalue weighted by atomic mass is 10.1. The summed E-state index contributed by atoms with van der Waals surface area (Å²) in [5.74, 6) is -2.43. The minimum Gasteiger partial charge on any atom is -0.396 e. The summed E-state index contributed by atoms with van der Waals surface area (Å²) in [6.45, 7) is 0.0594. The molecule has 1 aromatic carbocycles. The molecule has 0 atom stereocenters. The van der Waals surface area contributed by atoms with E-state index in [-0.39, 0.29) is 17.9 Å². The van der Waals surface area contributed by atoms with Crippen molar-refractivity contribution in [2.45, 2.75) is 12.3 Å². The molecule has 0 aromatic heterocycles. The summed E-state index contributed by atoms with van der Waals surface area (Å²) in [5.41, 5.74) is 0.0569. The van der Waals surface area contributed by atoms with Gasteiger partial charge in [-0.05, 0) is 12.2 Å². The van der Waals surface area contributed by atoms with Crippen molar-refractivity contribution in [3.63, 3.8) is 0 Å². The Bertz CT molecular complexity index is 277. The van der Waals surface area contributed by atoms with Crippen LogP contribution in [0.2, 0.25) is 0 Å². The summed E-state index contributed by atoms with van der Waals surface area (Å²) < 4.78 is 27.0. The Balaban J connectivity index is 2.45. The largest absolute Gasteiger partial charge is 0.396 e. The summed E-state index contributed by atoms with van der Waals surface area (Å²) in [6, 6.07) is 7.82. The average molecular weight is 232 g/mol. The van der Waals surface area contributed by atoms with Crippen LogP contribution >= 0.6 is 11.8 Å². The second-order valence-corrected chi connectivity index (χ2v) is 4.31. The molecule has 0 bridgehead atoms. The van der Waals surface area contributed by atoms with Crippen LogP contribution in [0.25, 0.3) is 0 Å². The molecule has 84 valence electrons. The normalized spacial score (nSPS) is 11.7. The Kier molecular flexibility index (Phi) is 5.05. The summed E-state index contributed by atoms with van der Waals surface area (Å²) in [5, 5.41) is 8.51. The zero-order valence-corrected chi connectivity index (χ0v) is 9.14. The van der Waals surface area contributed by atoms with Gasteiger partial charge in [0.1, 0.15) is 0 Å². The lowest BCUT2D eigenvalue weighted by Crippen LogP contribution is -2.16. The molecule has 15 heavy (non-hydrogen) atoms. The average Bonchev–Trinajstić information content (AvgIpc) is 2.26. The van der Waals surface area contributed by atoms with Gasteiger partial charge >= 0.3 is 0 Å². The van der Waals surface area contributed by atoms with Gasteiger partial charge in [0.05, 0.1) is 5.75 Å². The van der Waals surface area contributed by atoms with Gasteiger partial charge in [-0.15, -0.1) is 0 Å². The number of rotatable bonds is 6. The number of alkyl halides is 2. The van der Waals surface area contributed by atoms with Crippen molar-refractivity contribution in [3.05, 3.63) is 35.9 Å². The van der Waals surface area contributed by atoms with Gasteiger partial charge in [-0.3, -0.25) is 0 Å². The first-order chi connectivity index (χ1) is 7.17. The minimum absolute atomic E-state index is 0.0569. The van der Waals surface area contributed by atoms with E-state index in [2.05, 4.69) is 0 Å². The molecule has 1 nitrogen and oxygen atoms in total. The number of halogens is 2. The van der Waals surface area contributed by atoms with Crippen molar-refractivity contribution >= 4 is 11.8 Å². The monoisotopic (exact) mass is 232 g/mol. The Labute approximate surface area is 92.5 Å². The predicted molar refractivity (Wildman–Crippen MR) is 59.4 cm³/mol. The molecule has 0 saturated heterocycles. The first-order valence-electron chi connectivity index (χ1n) is 4.79. The number of thioether (sulfide) groups is 1. The fourth-order valence-electron chi connectivity index (χ4n) is 1.13. The molecule has 0 aliphatic heterocycles. The van der Waals surface area contributed by atoms with Crippen molar-refractivity contribution in [3.8, 4) is 0 Å². The Morgan fingerprint density at radius 3 is 2.47 bits per heavy atom. The van der Waals surface area contributed by atoms with Crippen molar-refractivity contribution < 1.29 is 13.9 Å². The third kappa shape index (κ3) is 4.18. The molecule has 1 aromatic rings. The molecule has 1 N–H and O–H groups in total. The van der Waals surface area contributed by atoms with Gasteiger partial charge in [-0.2, -0.15) is 11.8 Å². The third-order valence-corrected chi connectivity index (χ3v) is 3.07. The summed E-state index contributed by atoms with van der Waals surface area (Å²) >= 11 is 1.17. The number of aliphatic hydroxyl groups excluding tert-OH is 1. The molecule has 0 aliphatic rings. The van der Waals surface area contributed by atoms with E-state index < -0.39 is 5.92 Å². The van der Waals surface area contributed by atoms with Crippen molar-refractivity contribution in [1.29, 1.82) is 0 Å². The van der Waals surface area contributed by atoms with E-state index >= 15 is 0 Å². The lowest BCUT2D eigenvalue weighted by molar-refractivity contribution is 0.0231. The van der Waals surface area contributed by atoms with Crippen LogP contribution in [0.4, 0.5) is 8.78 Å². The molecule has 0 saturated carbocycles. The highest BCUT2D eigenvalue weighted by molar-refractivity contribution is 7.99. The van der Waals surface area contributed by atoms with Gasteiger partial charge in [-0.25, -0.2) is 8.78 Å². The molecule has 4 heteroatoms. The van der Waals surface area contributed by atoms with Crippen LogP contribution in [0.15, 0.2) is 30.3 Å². The Morgan fingerprint density at radius 1 is 1.20 bits per heavy atom. The van der Waals surface area contributed by atoms with Gasteiger partial charge in [-0.1, -0.05) is 30.3 Å². The van der Waals surface area contributed by atoms with Gasteiger partial charge in [0.2, 0.25) is 0 Å². The van der Waals surface area contributed by atoms with E-state index in [1.807, 2.05) is 0 Å².